The van der Waals surface area contributed by atoms with Gasteiger partial charge in [-0.25, -0.2) is 0 Å². The van der Waals surface area contributed by atoms with Crippen LogP contribution >= 0.6 is 0 Å². The molecule has 2 aliphatic rings. The van der Waals surface area contributed by atoms with Crippen LogP contribution in [0.5, 0.6) is 0 Å². The monoisotopic (exact) mass is 315 g/mol. The van der Waals surface area contributed by atoms with Crippen LogP contribution in [0.2, 0.25) is 0 Å². The molecule has 23 heavy (non-hydrogen) atoms. The maximum atomic E-state index is 12.5. The molecule has 0 aliphatic carbocycles. The van der Waals surface area contributed by atoms with E-state index in [0.717, 1.165) is 37.1 Å². The van der Waals surface area contributed by atoms with Crippen molar-refractivity contribution in [3.05, 3.63) is 46.5 Å². The molecule has 1 aromatic carbocycles. The van der Waals surface area contributed by atoms with Crippen LogP contribution < -0.4 is 10.2 Å². The molecule has 122 valence electrons. The minimum atomic E-state index is -0.380. The molecular weight excluding hydrogens is 294 g/mol. The third kappa shape index (κ3) is 2.93. The van der Waals surface area contributed by atoms with Crippen LogP contribution in [0.4, 0.5) is 11.4 Å². The van der Waals surface area contributed by atoms with E-state index in [2.05, 4.69) is 16.8 Å². The zero-order valence-corrected chi connectivity index (χ0v) is 13.0. The van der Waals surface area contributed by atoms with Crippen molar-refractivity contribution < 1.29 is 9.72 Å². The number of nitrogens with one attached hydrogen (secondary N) is 1. The molecule has 1 fully saturated rings. The van der Waals surface area contributed by atoms with Crippen LogP contribution in [-0.4, -0.2) is 30.0 Å². The van der Waals surface area contributed by atoms with E-state index in [0.29, 0.717) is 13.0 Å². The molecule has 0 aromatic heterocycles. The van der Waals surface area contributed by atoms with Gasteiger partial charge in [0.15, 0.2) is 0 Å². The molecule has 0 unspecified atom stereocenters. The number of amides is 1. The summed E-state index contributed by atoms with van der Waals surface area (Å²) in [6, 6.07) is 5.20. The van der Waals surface area contributed by atoms with E-state index in [4.69, 9.17) is 0 Å². The highest BCUT2D eigenvalue weighted by atomic mass is 16.6. The van der Waals surface area contributed by atoms with Crippen LogP contribution in [0.3, 0.4) is 0 Å². The predicted molar refractivity (Wildman–Crippen MR) is 88.5 cm³/mol. The Morgan fingerprint density at radius 1 is 1.48 bits per heavy atom. The van der Waals surface area contributed by atoms with Gasteiger partial charge in [0.1, 0.15) is 0 Å². The fraction of sp³-hybridized carbons (Fsp3) is 0.471. The Morgan fingerprint density at radius 2 is 2.30 bits per heavy atom. The summed E-state index contributed by atoms with van der Waals surface area (Å²) in [4.78, 5) is 25.4. The number of rotatable bonds is 4. The third-order valence-electron chi connectivity index (χ3n) is 4.79. The van der Waals surface area contributed by atoms with E-state index >= 15 is 0 Å². The van der Waals surface area contributed by atoms with Gasteiger partial charge in [0.05, 0.1) is 10.8 Å². The second kappa shape index (κ2) is 6.40. The van der Waals surface area contributed by atoms with Crippen LogP contribution in [0.25, 0.3) is 0 Å². The van der Waals surface area contributed by atoms with Gasteiger partial charge in [0.25, 0.3) is 5.69 Å². The number of benzene rings is 1. The average Bonchev–Trinajstić information content (AvgIpc) is 2.58. The van der Waals surface area contributed by atoms with E-state index in [1.807, 2.05) is 6.07 Å². The number of fused-ring (bicyclic) bond motifs is 3. The minimum absolute atomic E-state index is 0.0129. The van der Waals surface area contributed by atoms with Gasteiger partial charge in [0, 0.05) is 37.0 Å². The van der Waals surface area contributed by atoms with Crippen LogP contribution in [0.15, 0.2) is 30.9 Å². The van der Waals surface area contributed by atoms with E-state index in [1.165, 1.54) is 0 Å². The maximum Gasteiger partial charge on any atom is 0.269 e. The van der Waals surface area contributed by atoms with E-state index in [9.17, 15) is 14.9 Å². The van der Waals surface area contributed by atoms with Crippen molar-refractivity contribution in [2.75, 3.05) is 18.0 Å². The normalized spacial score (nSPS) is 22.7. The first-order chi connectivity index (χ1) is 11.1. The fourth-order valence-corrected chi connectivity index (χ4v) is 3.75. The summed E-state index contributed by atoms with van der Waals surface area (Å²) in [6.07, 6.45) is 5.42. The molecular formula is C17H21N3O3. The van der Waals surface area contributed by atoms with Crippen molar-refractivity contribution in [1.29, 1.82) is 0 Å². The summed E-state index contributed by atoms with van der Waals surface area (Å²) in [5.41, 5.74) is 2.04. The van der Waals surface area contributed by atoms with E-state index in [1.54, 1.807) is 18.2 Å². The zero-order chi connectivity index (χ0) is 16.4. The lowest BCUT2D eigenvalue weighted by molar-refractivity contribution is -0.384. The predicted octanol–water partition coefficient (Wildman–Crippen LogP) is 2.43. The average molecular weight is 315 g/mol. The molecule has 1 amide bonds. The van der Waals surface area contributed by atoms with Gasteiger partial charge in [-0.05, 0) is 37.3 Å². The second-order valence-electron chi connectivity index (χ2n) is 6.17. The first-order valence-electron chi connectivity index (χ1n) is 8.04. The van der Waals surface area contributed by atoms with Crippen molar-refractivity contribution >= 4 is 17.3 Å². The Labute approximate surface area is 135 Å². The first kappa shape index (κ1) is 15.5. The topological polar surface area (TPSA) is 75.5 Å². The number of hydrogen-bond donors (Lipinski definition) is 1. The van der Waals surface area contributed by atoms with Crippen molar-refractivity contribution in [3.63, 3.8) is 0 Å². The molecule has 3 rings (SSSR count). The lowest BCUT2D eigenvalue weighted by atomic mass is 9.80. The molecule has 1 aromatic rings. The standard InChI is InChI=1S/C17H21N3O3/c1-2-8-18-17(21)14-11-12-10-13(20(22)23)6-7-15(12)19-9-4-3-5-16(14)19/h2,6-7,10,14,16H,1,3-5,8-9,11H2,(H,18,21)/t14-,16-/m1/s1. The molecule has 2 heterocycles. The molecule has 2 aliphatic heterocycles. The van der Waals surface area contributed by atoms with Gasteiger partial charge in [0.2, 0.25) is 5.91 Å². The Bertz CT molecular complexity index is 644. The molecule has 0 spiro atoms. The van der Waals surface area contributed by atoms with E-state index in [-0.39, 0.29) is 28.5 Å². The summed E-state index contributed by atoms with van der Waals surface area (Å²) in [7, 11) is 0. The highest BCUT2D eigenvalue weighted by Gasteiger charge is 2.39. The number of piperidine rings is 1. The van der Waals surface area contributed by atoms with Gasteiger partial charge in [-0.15, -0.1) is 6.58 Å². The molecule has 0 bridgehead atoms. The van der Waals surface area contributed by atoms with Gasteiger partial charge < -0.3 is 10.2 Å². The lowest BCUT2D eigenvalue weighted by Gasteiger charge is -2.45. The highest BCUT2D eigenvalue weighted by molar-refractivity contribution is 5.82. The smallest absolute Gasteiger partial charge is 0.269 e. The summed E-state index contributed by atoms with van der Waals surface area (Å²) < 4.78 is 0. The van der Waals surface area contributed by atoms with Crippen LogP contribution in [-0.2, 0) is 11.2 Å². The fourth-order valence-electron chi connectivity index (χ4n) is 3.75. The summed E-state index contributed by atoms with van der Waals surface area (Å²) in [5.74, 6) is -0.149. The SMILES string of the molecule is C=CCNC(=O)[C@@H]1Cc2cc([N+](=O)[O-])ccc2N2CCCC[C@H]12. The Balaban J connectivity index is 1.94. The van der Waals surface area contributed by atoms with Gasteiger partial charge in [-0.1, -0.05) is 6.08 Å². The summed E-state index contributed by atoms with van der Waals surface area (Å²) >= 11 is 0. The molecule has 6 heteroatoms. The second-order valence-corrected chi connectivity index (χ2v) is 6.17. The van der Waals surface area contributed by atoms with E-state index < -0.39 is 0 Å². The number of carbonyl (C=O) groups is 1. The van der Waals surface area contributed by atoms with Crippen LogP contribution in [0, 0.1) is 16.0 Å². The lowest BCUT2D eigenvalue weighted by Crippen LogP contribution is -2.53. The molecule has 1 N–H and O–H groups in total. The number of nitro groups is 1. The number of non-ortho nitro benzene ring substituents is 1. The maximum absolute atomic E-state index is 12.5. The third-order valence-corrected chi connectivity index (χ3v) is 4.79. The van der Waals surface area contributed by atoms with Gasteiger partial charge in [-0.2, -0.15) is 0 Å². The molecule has 0 radical (unpaired) electrons. The summed E-state index contributed by atoms with van der Waals surface area (Å²) in [6.45, 7) is 4.98. The highest BCUT2D eigenvalue weighted by Crippen LogP contribution is 2.39. The molecule has 0 saturated carbocycles. The number of anilines is 1. The van der Waals surface area contributed by atoms with Gasteiger partial charge in [-0.3, -0.25) is 14.9 Å². The van der Waals surface area contributed by atoms with Crippen LogP contribution in [0.1, 0.15) is 24.8 Å². The zero-order valence-electron chi connectivity index (χ0n) is 13.0. The van der Waals surface area contributed by atoms with Crippen molar-refractivity contribution in [3.8, 4) is 0 Å². The number of nitro benzene ring substituents is 1. The number of nitrogens with zero attached hydrogens (tertiary/aromatic N) is 2. The number of hydrogen-bond acceptors (Lipinski definition) is 4. The Hall–Kier alpha value is -2.37. The van der Waals surface area contributed by atoms with Crippen molar-refractivity contribution in [1.82, 2.24) is 5.32 Å². The number of carbonyl (C=O) groups excluding carboxylic acids is 1. The molecule has 2 atom stereocenters. The van der Waals surface area contributed by atoms with Gasteiger partial charge >= 0.3 is 0 Å². The molecule has 1 saturated heterocycles. The molecule has 6 nitrogen and oxygen atoms in total. The Morgan fingerprint density at radius 3 is 3.04 bits per heavy atom. The van der Waals surface area contributed by atoms with Crippen molar-refractivity contribution in [2.24, 2.45) is 5.92 Å². The quantitative estimate of drug-likeness (QED) is 0.526. The Kier molecular flexibility index (Phi) is 4.32. The summed E-state index contributed by atoms with van der Waals surface area (Å²) in [5, 5.41) is 13.9. The minimum Gasteiger partial charge on any atom is -0.368 e. The van der Waals surface area contributed by atoms with Crippen molar-refractivity contribution in [2.45, 2.75) is 31.7 Å². The first-order valence-corrected chi connectivity index (χ1v) is 8.04. The largest absolute Gasteiger partial charge is 0.368 e.